The first-order valence-electron chi connectivity index (χ1n) is 11.9. The van der Waals surface area contributed by atoms with Gasteiger partial charge in [-0.05, 0) is 61.9 Å². The van der Waals surface area contributed by atoms with Crippen molar-refractivity contribution in [2.75, 3.05) is 13.1 Å². The Balaban J connectivity index is 1.35. The molecule has 1 atom stereocenters. The molecule has 6 nitrogen and oxygen atoms in total. The van der Waals surface area contributed by atoms with Gasteiger partial charge >= 0.3 is 0 Å². The van der Waals surface area contributed by atoms with Crippen LogP contribution in [-0.2, 0) is 30.7 Å². The van der Waals surface area contributed by atoms with Crippen LogP contribution in [0.25, 0.3) is 0 Å². The molecule has 33 heavy (non-hydrogen) atoms. The maximum Gasteiger partial charge on any atom is 0.220 e. The maximum atomic E-state index is 12.5. The first kappa shape index (κ1) is 23.2. The number of aromatic nitrogens is 3. The van der Waals surface area contributed by atoms with Crippen LogP contribution in [0, 0.1) is 20.8 Å². The van der Waals surface area contributed by atoms with E-state index in [4.69, 9.17) is 0 Å². The van der Waals surface area contributed by atoms with Gasteiger partial charge in [0, 0.05) is 39.0 Å². The number of hydrogen-bond acceptors (Lipinski definition) is 4. The van der Waals surface area contributed by atoms with Crippen LogP contribution in [-0.4, -0.2) is 38.7 Å². The summed E-state index contributed by atoms with van der Waals surface area (Å²) in [6.45, 7) is 12.3. The molecular weight excluding hydrogens is 410 g/mol. The van der Waals surface area contributed by atoms with E-state index in [9.17, 15) is 4.79 Å². The molecule has 0 fully saturated rings. The predicted molar refractivity (Wildman–Crippen MR) is 131 cm³/mol. The first-order valence-corrected chi connectivity index (χ1v) is 11.9. The van der Waals surface area contributed by atoms with Gasteiger partial charge in [0.05, 0.1) is 6.04 Å². The lowest BCUT2D eigenvalue weighted by Crippen LogP contribution is -2.30. The van der Waals surface area contributed by atoms with Crippen LogP contribution in [0.4, 0.5) is 0 Å². The number of carbonyl (C=O) groups is 1. The predicted octanol–water partition coefficient (Wildman–Crippen LogP) is 4.07. The highest BCUT2D eigenvalue weighted by atomic mass is 16.1. The van der Waals surface area contributed by atoms with Crippen molar-refractivity contribution in [1.82, 2.24) is 25.0 Å². The first-order chi connectivity index (χ1) is 15.9. The van der Waals surface area contributed by atoms with E-state index in [1.165, 1.54) is 27.8 Å². The van der Waals surface area contributed by atoms with Crippen LogP contribution in [0.3, 0.4) is 0 Å². The Morgan fingerprint density at radius 3 is 2.55 bits per heavy atom. The summed E-state index contributed by atoms with van der Waals surface area (Å²) in [5, 5.41) is 12.0. The van der Waals surface area contributed by atoms with Crippen LogP contribution < -0.4 is 5.32 Å². The number of rotatable bonds is 7. The molecule has 1 N–H and O–H groups in total. The van der Waals surface area contributed by atoms with Gasteiger partial charge in [0.25, 0.3) is 0 Å². The third kappa shape index (κ3) is 5.69. The zero-order valence-corrected chi connectivity index (χ0v) is 20.3. The molecule has 1 amide bonds. The minimum absolute atomic E-state index is 0.0455. The van der Waals surface area contributed by atoms with Gasteiger partial charge < -0.3 is 9.88 Å². The van der Waals surface area contributed by atoms with Gasteiger partial charge in [-0.15, -0.1) is 10.2 Å². The van der Waals surface area contributed by atoms with E-state index in [-0.39, 0.29) is 11.9 Å². The number of carbonyl (C=O) groups excluding carboxylic acids is 1. The molecule has 3 aromatic rings. The average molecular weight is 446 g/mol. The fourth-order valence-corrected chi connectivity index (χ4v) is 4.58. The van der Waals surface area contributed by atoms with Crippen LogP contribution in [0.1, 0.15) is 58.9 Å². The highest BCUT2D eigenvalue weighted by Crippen LogP contribution is 2.20. The van der Waals surface area contributed by atoms with E-state index < -0.39 is 0 Å². The van der Waals surface area contributed by atoms with Crippen LogP contribution in [0.2, 0.25) is 0 Å². The van der Waals surface area contributed by atoms with Crippen LogP contribution >= 0.6 is 0 Å². The molecule has 1 aliphatic rings. The average Bonchev–Trinajstić information content (AvgIpc) is 3.11. The molecule has 2 aromatic carbocycles. The second kappa shape index (κ2) is 10.3. The largest absolute Gasteiger partial charge is 0.346 e. The summed E-state index contributed by atoms with van der Waals surface area (Å²) < 4.78 is 2.20. The minimum atomic E-state index is -0.164. The summed E-state index contributed by atoms with van der Waals surface area (Å²) in [6, 6.07) is 14.6. The number of benzene rings is 2. The minimum Gasteiger partial charge on any atom is -0.346 e. The second-order valence-corrected chi connectivity index (χ2v) is 9.29. The Morgan fingerprint density at radius 2 is 1.76 bits per heavy atom. The topological polar surface area (TPSA) is 63.1 Å². The number of nitrogens with one attached hydrogen (secondary N) is 1. The molecule has 0 aliphatic carbocycles. The van der Waals surface area contributed by atoms with Gasteiger partial charge in [0.1, 0.15) is 5.82 Å². The highest BCUT2D eigenvalue weighted by Gasteiger charge is 2.23. The Hall–Kier alpha value is -2.99. The molecule has 1 unspecified atom stereocenters. The lowest BCUT2D eigenvalue weighted by Gasteiger charge is -2.22. The van der Waals surface area contributed by atoms with Crippen molar-refractivity contribution < 1.29 is 4.79 Å². The Kier molecular flexibility index (Phi) is 7.23. The van der Waals surface area contributed by atoms with Gasteiger partial charge in [-0.2, -0.15) is 0 Å². The van der Waals surface area contributed by atoms with E-state index in [2.05, 4.69) is 70.0 Å². The number of amides is 1. The normalized spacial score (nSPS) is 15.0. The van der Waals surface area contributed by atoms with Gasteiger partial charge in [0.2, 0.25) is 5.91 Å². The van der Waals surface area contributed by atoms with E-state index in [0.717, 1.165) is 50.7 Å². The van der Waals surface area contributed by atoms with Crippen molar-refractivity contribution in [2.45, 2.75) is 66.1 Å². The number of fused-ring (bicyclic) bond motifs is 1. The van der Waals surface area contributed by atoms with E-state index in [0.29, 0.717) is 6.42 Å². The zero-order chi connectivity index (χ0) is 23.4. The molecule has 2 heterocycles. The van der Waals surface area contributed by atoms with Gasteiger partial charge in [-0.3, -0.25) is 9.69 Å². The van der Waals surface area contributed by atoms with E-state index >= 15 is 0 Å². The highest BCUT2D eigenvalue weighted by molar-refractivity contribution is 5.76. The molecule has 0 saturated carbocycles. The van der Waals surface area contributed by atoms with Gasteiger partial charge in [-0.1, -0.05) is 42.5 Å². The van der Waals surface area contributed by atoms with Crippen molar-refractivity contribution in [3.8, 4) is 0 Å². The molecule has 1 aromatic heterocycles. The lowest BCUT2D eigenvalue weighted by molar-refractivity contribution is -0.121. The molecule has 174 valence electrons. The van der Waals surface area contributed by atoms with Crippen molar-refractivity contribution in [1.29, 1.82) is 0 Å². The van der Waals surface area contributed by atoms with Crippen LogP contribution in [0.15, 0.2) is 42.5 Å². The third-order valence-corrected chi connectivity index (χ3v) is 6.74. The van der Waals surface area contributed by atoms with Crippen molar-refractivity contribution in [3.63, 3.8) is 0 Å². The van der Waals surface area contributed by atoms with Crippen LogP contribution in [0.5, 0.6) is 0 Å². The Bertz CT molecular complexity index is 1110. The molecule has 1 aliphatic heterocycles. The lowest BCUT2D eigenvalue weighted by atomic mass is 10.0. The SMILES string of the molecule is Cc1cc(C)c(CN2CCc3nnc(C(C)NC(=O)CCc4ccccc4)n3CC2)cc1C. The summed E-state index contributed by atoms with van der Waals surface area (Å²) in [6.07, 6.45) is 2.08. The van der Waals surface area contributed by atoms with E-state index in [1.807, 2.05) is 25.1 Å². The van der Waals surface area contributed by atoms with Gasteiger partial charge in [-0.25, -0.2) is 0 Å². The van der Waals surface area contributed by atoms with Crippen molar-refractivity contribution >= 4 is 5.91 Å². The summed E-state index contributed by atoms with van der Waals surface area (Å²) >= 11 is 0. The quantitative estimate of drug-likeness (QED) is 0.595. The summed E-state index contributed by atoms with van der Waals surface area (Å²) in [5.74, 6) is 1.90. The monoisotopic (exact) mass is 445 g/mol. The molecule has 0 saturated heterocycles. The Labute approximate surface area is 197 Å². The summed E-state index contributed by atoms with van der Waals surface area (Å²) in [4.78, 5) is 15.0. The summed E-state index contributed by atoms with van der Waals surface area (Å²) in [7, 11) is 0. The fourth-order valence-electron chi connectivity index (χ4n) is 4.58. The molecular formula is C27H35N5O. The third-order valence-electron chi connectivity index (χ3n) is 6.74. The molecule has 6 heteroatoms. The maximum absolute atomic E-state index is 12.5. The number of nitrogens with zero attached hydrogens (tertiary/aromatic N) is 4. The van der Waals surface area contributed by atoms with Crippen molar-refractivity contribution in [2.24, 2.45) is 0 Å². The van der Waals surface area contributed by atoms with Crippen molar-refractivity contribution in [3.05, 3.63) is 81.9 Å². The second-order valence-electron chi connectivity index (χ2n) is 9.29. The molecule has 0 bridgehead atoms. The summed E-state index contributed by atoms with van der Waals surface area (Å²) in [5.41, 5.74) is 6.63. The molecule has 0 radical (unpaired) electrons. The zero-order valence-electron chi connectivity index (χ0n) is 20.3. The molecule has 4 rings (SSSR count). The fraction of sp³-hybridized carbons (Fsp3) is 0.444. The molecule has 0 spiro atoms. The Morgan fingerprint density at radius 1 is 1.00 bits per heavy atom. The van der Waals surface area contributed by atoms with E-state index in [1.54, 1.807) is 0 Å². The standard InChI is InChI=1S/C27H35N5O/c1-19-16-21(3)24(17-20(19)2)18-31-13-12-25-29-30-27(32(25)15-14-31)22(4)28-26(33)11-10-23-8-6-5-7-9-23/h5-9,16-17,22H,10-15,18H2,1-4H3,(H,28,33). The number of hydrogen-bond donors (Lipinski definition) is 1. The smallest absolute Gasteiger partial charge is 0.220 e. The number of aryl methyl sites for hydroxylation is 4. The van der Waals surface area contributed by atoms with Gasteiger partial charge in [0.15, 0.2) is 5.82 Å².